The Hall–Kier alpha value is -3.57. The largest absolute Gasteiger partial charge is 0.417 e. The number of carbonyl (C=O) groups is 1. The maximum atomic E-state index is 14.6. The average Bonchev–Trinajstić information content (AvgIpc) is 3.57. The van der Waals surface area contributed by atoms with Crippen LogP contribution in [-0.2, 0) is 22.6 Å². The van der Waals surface area contributed by atoms with Crippen LogP contribution in [0.4, 0.5) is 36.4 Å². The van der Waals surface area contributed by atoms with Gasteiger partial charge in [0.2, 0.25) is 5.91 Å². The Bertz CT molecular complexity index is 1280. The molecule has 1 N–H and O–H groups in total. The van der Waals surface area contributed by atoms with Gasteiger partial charge in [-0.15, -0.1) is 0 Å². The number of amides is 1. The van der Waals surface area contributed by atoms with Crippen molar-refractivity contribution < 1.29 is 35.5 Å². The summed E-state index contributed by atoms with van der Waals surface area (Å²) >= 11 is 0. The normalized spacial score (nSPS) is 15.4. The van der Waals surface area contributed by atoms with E-state index in [0.29, 0.717) is 25.0 Å². The highest BCUT2D eigenvalue weighted by Crippen LogP contribution is 2.54. The minimum atomic E-state index is -4.84. The lowest BCUT2D eigenvalue weighted by Gasteiger charge is -2.22. The van der Waals surface area contributed by atoms with E-state index < -0.39 is 52.1 Å². The molecule has 37 heavy (non-hydrogen) atoms. The Labute approximate surface area is 209 Å². The summed E-state index contributed by atoms with van der Waals surface area (Å²) < 4.78 is 94.3. The molecule has 3 rings (SSSR count). The van der Waals surface area contributed by atoms with Crippen LogP contribution in [0.3, 0.4) is 0 Å². The van der Waals surface area contributed by atoms with Gasteiger partial charge in [0.25, 0.3) is 0 Å². The fourth-order valence-corrected chi connectivity index (χ4v) is 3.95. The zero-order chi connectivity index (χ0) is 27.6. The minimum absolute atomic E-state index is 0.125. The first-order valence-corrected chi connectivity index (χ1v) is 11.1. The summed E-state index contributed by atoms with van der Waals surface area (Å²) in [5.74, 6) is 2.74. The highest BCUT2D eigenvalue weighted by atomic mass is 19.4. The monoisotopic (exact) mass is 525 g/mol. The Morgan fingerprint density at radius 1 is 1.08 bits per heavy atom. The highest BCUT2D eigenvalue weighted by Gasteiger charge is 2.49. The number of benzene rings is 2. The van der Waals surface area contributed by atoms with Crippen molar-refractivity contribution in [2.45, 2.75) is 37.0 Å². The second-order valence-corrected chi connectivity index (χ2v) is 9.15. The van der Waals surface area contributed by atoms with Gasteiger partial charge in [0, 0.05) is 5.69 Å². The number of alkyl halides is 6. The zero-order valence-electron chi connectivity index (χ0n) is 19.8. The molecule has 196 valence electrons. The molecule has 1 unspecified atom stereocenters. The third kappa shape index (κ3) is 6.80. The standard InChI is InChI=1S/C26H22F7N3O/c1-36(2)11-3-4-16(23(37)35-19-7-5-17(15-34)20(13-19)26(31,32)33)14-24(9-10-24)21-12-18(25(28,29)30)6-8-22(21)27/h5-8,12-13,16H,9-11,14H2,1-2H3,(H,35,37). The highest BCUT2D eigenvalue weighted by molar-refractivity contribution is 5.94. The predicted octanol–water partition coefficient (Wildman–Crippen LogP) is 5.98. The molecule has 4 nitrogen and oxygen atoms in total. The molecule has 0 heterocycles. The molecule has 1 amide bonds. The smallest absolute Gasteiger partial charge is 0.325 e. The van der Waals surface area contributed by atoms with E-state index in [9.17, 15) is 35.5 Å². The van der Waals surface area contributed by atoms with Gasteiger partial charge in [0.15, 0.2) is 0 Å². The summed E-state index contributed by atoms with van der Waals surface area (Å²) in [7, 11) is 3.44. The minimum Gasteiger partial charge on any atom is -0.325 e. The van der Waals surface area contributed by atoms with E-state index in [1.807, 2.05) is 0 Å². The molecule has 0 radical (unpaired) electrons. The van der Waals surface area contributed by atoms with Crippen LogP contribution in [0, 0.1) is 34.9 Å². The predicted molar refractivity (Wildman–Crippen MR) is 122 cm³/mol. The van der Waals surface area contributed by atoms with E-state index >= 15 is 0 Å². The van der Waals surface area contributed by atoms with Gasteiger partial charge in [0.05, 0.1) is 29.3 Å². The third-order valence-corrected chi connectivity index (χ3v) is 6.01. The van der Waals surface area contributed by atoms with Crippen molar-refractivity contribution in [2.24, 2.45) is 5.92 Å². The number of carbonyl (C=O) groups excluding carboxylic acids is 1. The summed E-state index contributed by atoms with van der Waals surface area (Å²) in [6, 6.07) is 6.24. The fourth-order valence-electron chi connectivity index (χ4n) is 3.95. The first kappa shape index (κ1) is 28.0. The van der Waals surface area contributed by atoms with Crippen LogP contribution in [0.15, 0.2) is 36.4 Å². The molecule has 0 bridgehead atoms. The molecule has 1 aliphatic rings. The first-order valence-electron chi connectivity index (χ1n) is 11.1. The number of hydrogen-bond donors (Lipinski definition) is 1. The molecule has 0 aliphatic heterocycles. The summed E-state index contributed by atoms with van der Waals surface area (Å²) in [5.41, 5.74) is -4.34. The summed E-state index contributed by atoms with van der Waals surface area (Å²) in [5, 5.41) is 11.3. The molecule has 1 saturated carbocycles. The Morgan fingerprint density at radius 3 is 2.30 bits per heavy atom. The number of halogens is 7. The lowest BCUT2D eigenvalue weighted by Crippen LogP contribution is -2.27. The van der Waals surface area contributed by atoms with Crippen LogP contribution < -0.4 is 5.32 Å². The van der Waals surface area contributed by atoms with E-state index in [-0.39, 0.29) is 24.2 Å². The van der Waals surface area contributed by atoms with Crippen LogP contribution in [0.2, 0.25) is 0 Å². The summed E-state index contributed by atoms with van der Waals surface area (Å²) in [6.45, 7) is 0.240. The Morgan fingerprint density at radius 2 is 1.76 bits per heavy atom. The molecule has 1 atom stereocenters. The van der Waals surface area contributed by atoms with Crippen LogP contribution in [0.25, 0.3) is 0 Å². The van der Waals surface area contributed by atoms with Crippen molar-refractivity contribution in [2.75, 3.05) is 26.0 Å². The molecular formula is C26H22F7N3O. The van der Waals surface area contributed by atoms with Gasteiger partial charge < -0.3 is 5.32 Å². The number of nitriles is 1. The van der Waals surface area contributed by atoms with Gasteiger partial charge in [0.1, 0.15) is 11.7 Å². The van der Waals surface area contributed by atoms with Crippen LogP contribution in [0.5, 0.6) is 0 Å². The van der Waals surface area contributed by atoms with Gasteiger partial charge in [-0.3, -0.25) is 9.69 Å². The van der Waals surface area contributed by atoms with Crippen molar-refractivity contribution >= 4 is 11.6 Å². The van der Waals surface area contributed by atoms with E-state index in [1.54, 1.807) is 19.0 Å². The van der Waals surface area contributed by atoms with Crippen molar-refractivity contribution in [1.29, 1.82) is 5.26 Å². The number of rotatable bonds is 6. The third-order valence-electron chi connectivity index (χ3n) is 6.01. The van der Waals surface area contributed by atoms with Crippen molar-refractivity contribution in [3.8, 4) is 17.9 Å². The summed E-state index contributed by atoms with van der Waals surface area (Å²) in [6.07, 6.45) is -9.01. The molecule has 0 aromatic heterocycles. The molecule has 0 saturated heterocycles. The van der Waals surface area contributed by atoms with Gasteiger partial charge in [-0.2, -0.15) is 31.6 Å². The van der Waals surface area contributed by atoms with Crippen molar-refractivity contribution in [3.63, 3.8) is 0 Å². The number of hydrogen-bond acceptors (Lipinski definition) is 3. The fraction of sp³-hybridized carbons (Fsp3) is 0.385. The van der Waals surface area contributed by atoms with Gasteiger partial charge in [-0.25, -0.2) is 4.39 Å². The maximum Gasteiger partial charge on any atom is 0.417 e. The van der Waals surface area contributed by atoms with Crippen LogP contribution in [-0.4, -0.2) is 31.4 Å². The Kier molecular flexibility index (Phi) is 7.89. The van der Waals surface area contributed by atoms with E-state index in [2.05, 4.69) is 17.2 Å². The molecular weight excluding hydrogens is 503 g/mol. The molecule has 1 fully saturated rings. The average molecular weight is 525 g/mol. The molecule has 2 aromatic rings. The SMILES string of the molecule is CN(C)CC#CC(CC1(c2cc(C(F)(F)F)ccc2F)CC1)C(=O)Nc1ccc(C#N)c(C(F)(F)F)c1. The number of anilines is 1. The molecule has 0 spiro atoms. The second-order valence-electron chi connectivity index (χ2n) is 9.15. The maximum absolute atomic E-state index is 14.6. The van der Waals surface area contributed by atoms with Crippen LogP contribution >= 0.6 is 0 Å². The lowest BCUT2D eigenvalue weighted by atomic mass is 9.84. The molecule has 1 aliphatic carbocycles. The number of nitrogens with one attached hydrogen (secondary N) is 1. The van der Waals surface area contributed by atoms with E-state index in [4.69, 9.17) is 5.26 Å². The number of nitrogens with zero attached hydrogens (tertiary/aromatic N) is 2. The quantitative estimate of drug-likeness (QED) is 0.373. The van der Waals surface area contributed by atoms with E-state index in [0.717, 1.165) is 24.3 Å². The van der Waals surface area contributed by atoms with Crippen molar-refractivity contribution in [3.05, 3.63) is 64.5 Å². The second kappa shape index (κ2) is 10.4. The zero-order valence-corrected chi connectivity index (χ0v) is 19.8. The van der Waals surface area contributed by atoms with Gasteiger partial charge in [-0.1, -0.05) is 11.8 Å². The van der Waals surface area contributed by atoms with Gasteiger partial charge in [-0.05, 0) is 80.7 Å². The van der Waals surface area contributed by atoms with Gasteiger partial charge >= 0.3 is 12.4 Å². The topological polar surface area (TPSA) is 56.1 Å². The first-order chi connectivity index (χ1) is 17.2. The van der Waals surface area contributed by atoms with Crippen molar-refractivity contribution in [1.82, 2.24) is 4.90 Å². The molecule has 2 aromatic carbocycles. The lowest BCUT2D eigenvalue weighted by molar-refractivity contribution is -0.138. The Balaban J connectivity index is 1.93. The summed E-state index contributed by atoms with van der Waals surface area (Å²) in [4.78, 5) is 14.8. The van der Waals surface area contributed by atoms with E-state index in [1.165, 1.54) is 6.07 Å². The van der Waals surface area contributed by atoms with Crippen LogP contribution in [0.1, 0.15) is 41.5 Å². The molecule has 11 heteroatoms.